The predicted molar refractivity (Wildman–Crippen MR) is 92.0 cm³/mol. The Labute approximate surface area is 149 Å². The van der Waals surface area contributed by atoms with Crippen LogP contribution in [0, 0.1) is 23.4 Å². The van der Waals surface area contributed by atoms with Gasteiger partial charge in [-0.05, 0) is 42.7 Å². The second-order valence-electron chi connectivity index (χ2n) is 6.26. The molecule has 0 aromatic heterocycles. The van der Waals surface area contributed by atoms with Crippen LogP contribution < -0.4 is 15.0 Å². The number of rotatable bonds is 5. The van der Waals surface area contributed by atoms with Gasteiger partial charge in [-0.2, -0.15) is 0 Å². The smallest absolute Gasteiger partial charge is 0.251 e. The van der Waals surface area contributed by atoms with Crippen molar-refractivity contribution in [3.63, 3.8) is 0 Å². The summed E-state index contributed by atoms with van der Waals surface area (Å²) < 4.78 is 44.9. The topological polar surface area (TPSA) is 41.6 Å². The van der Waals surface area contributed by atoms with Crippen molar-refractivity contribution in [3.05, 3.63) is 59.4 Å². The number of nitrogens with one attached hydrogen (secondary N) is 1. The number of ether oxygens (including phenoxy) is 1. The molecule has 1 saturated heterocycles. The molecular formula is C19H19F3N2O2. The van der Waals surface area contributed by atoms with Crippen LogP contribution in [0.15, 0.2) is 36.4 Å². The van der Waals surface area contributed by atoms with Crippen molar-refractivity contribution in [3.8, 4) is 5.75 Å². The maximum atomic E-state index is 13.7. The molecule has 1 unspecified atom stereocenters. The molecule has 0 bridgehead atoms. The van der Waals surface area contributed by atoms with Crippen molar-refractivity contribution in [2.24, 2.45) is 5.92 Å². The highest BCUT2D eigenvalue weighted by Crippen LogP contribution is 2.25. The Morgan fingerprint density at radius 1 is 1.15 bits per heavy atom. The molecule has 26 heavy (non-hydrogen) atoms. The summed E-state index contributed by atoms with van der Waals surface area (Å²) in [4.78, 5) is 14.1. The van der Waals surface area contributed by atoms with E-state index < -0.39 is 17.5 Å². The minimum Gasteiger partial charge on any atom is -0.494 e. The van der Waals surface area contributed by atoms with Gasteiger partial charge in [0.2, 0.25) is 0 Å². The first-order valence-corrected chi connectivity index (χ1v) is 8.29. The van der Waals surface area contributed by atoms with E-state index in [0.29, 0.717) is 25.3 Å². The standard InChI is InChI=1S/C19H19F3N2O2/c1-26-18-5-2-13(8-17(18)22)19(25)23-10-12-6-7-24(11-12)14-3-4-15(20)16(21)9-14/h2-5,8-9,12H,6-7,10-11H2,1H3,(H,23,25). The molecule has 7 heteroatoms. The number of carbonyl (C=O) groups excluding carboxylic acids is 1. The third-order valence-electron chi connectivity index (χ3n) is 4.52. The van der Waals surface area contributed by atoms with E-state index in [1.54, 1.807) is 6.07 Å². The summed E-state index contributed by atoms with van der Waals surface area (Å²) in [5.41, 5.74) is 0.841. The van der Waals surface area contributed by atoms with Crippen molar-refractivity contribution in [2.45, 2.75) is 6.42 Å². The molecule has 1 heterocycles. The van der Waals surface area contributed by atoms with Crippen LogP contribution in [-0.2, 0) is 0 Å². The fourth-order valence-electron chi connectivity index (χ4n) is 3.06. The molecule has 1 amide bonds. The van der Waals surface area contributed by atoms with Crippen LogP contribution in [0.2, 0.25) is 0 Å². The van der Waals surface area contributed by atoms with Gasteiger partial charge in [0, 0.05) is 37.0 Å². The quantitative estimate of drug-likeness (QED) is 0.885. The monoisotopic (exact) mass is 364 g/mol. The third kappa shape index (κ3) is 3.92. The number of hydrogen-bond acceptors (Lipinski definition) is 3. The summed E-state index contributed by atoms with van der Waals surface area (Å²) in [5.74, 6) is -2.44. The number of halogens is 3. The van der Waals surface area contributed by atoms with Crippen LogP contribution in [0.5, 0.6) is 5.75 Å². The molecule has 138 valence electrons. The van der Waals surface area contributed by atoms with Gasteiger partial charge in [-0.15, -0.1) is 0 Å². The molecule has 2 aromatic rings. The van der Waals surface area contributed by atoms with Gasteiger partial charge >= 0.3 is 0 Å². The normalized spacial score (nSPS) is 16.6. The molecule has 1 N–H and O–H groups in total. The summed E-state index contributed by atoms with van der Waals surface area (Å²) in [6.07, 6.45) is 0.816. The summed E-state index contributed by atoms with van der Waals surface area (Å²) >= 11 is 0. The largest absolute Gasteiger partial charge is 0.494 e. The van der Waals surface area contributed by atoms with Gasteiger partial charge in [0.1, 0.15) is 0 Å². The molecule has 1 atom stereocenters. The van der Waals surface area contributed by atoms with Gasteiger partial charge in [0.15, 0.2) is 23.2 Å². The average molecular weight is 364 g/mol. The first kappa shape index (κ1) is 18.1. The summed E-state index contributed by atoms with van der Waals surface area (Å²) in [5, 5.41) is 2.79. The summed E-state index contributed by atoms with van der Waals surface area (Å²) in [7, 11) is 1.36. The summed E-state index contributed by atoms with van der Waals surface area (Å²) in [6.45, 7) is 1.75. The lowest BCUT2D eigenvalue weighted by Crippen LogP contribution is -2.31. The van der Waals surface area contributed by atoms with E-state index in [9.17, 15) is 18.0 Å². The van der Waals surface area contributed by atoms with E-state index in [1.807, 2.05) is 4.90 Å². The molecule has 0 aliphatic carbocycles. The zero-order valence-corrected chi connectivity index (χ0v) is 14.3. The first-order chi connectivity index (χ1) is 12.5. The highest BCUT2D eigenvalue weighted by molar-refractivity contribution is 5.94. The average Bonchev–Trinajstić information content (AvgIpc) is 3.11. The Morgan fingerprint density at radius 3 is 2.65 bits per heavy atom. The Balaban J connectivity index is 1.55. The molecular weight excluding hydrogens is 345 g/mol. The van der Waals surface area contributed by atoms with Crippen LogP contribution in [0.25, 0.3) is 0 Å². The Hall–Kier alpha value is -2.70. The summed E-state index contributed by atoms with van der Waals surface area (Å²) in [6, 6.07) is 7.87. The maximum absolute atomic E-state index is 13.7. The zero-order chi connectivity index (χ0) is 18.7. The zero-order valence-electron chi connectivity index (χ0n) is 14.3. The SMILES string of the molecule is COc1ccc(C(=O)NCC2CCN(c3ccc(F)c(F)c3)C2)cc1F. The molecule has 2 aromatic carbocycles. The number of nitrogens with zero attached hydrogens (tertiary/aromatic N) is 1. The van der Waals surface area contributed by atoms with E-state index in [1.165, 1.54) is 25.3 Å². The number of hydrogen-bond donors (Lipinski definition) is 1. The van der Waals surface area contributed by atoms with Crippen molar-refractivity contribution >= 4 is 11.6 Å². The van der Waals surface area contributed by atoms with E-state index in [-0.39, 0.29) is 23.1 Å². The Morgan fingerprint density at radius 2 is 1.96 bits per heavy atom. The number of benzene rings is 2. The number of carbonyl (C=O) groups is 1. The van der Waals surface area contributed by atoms with Gasteiger partial charge in [0.05, 0.1) is 7.11 Å². The minimum absolute atomic E-state index is 0.0829. The Kier molecular flexibility index (Phi) is 5.35. The van der Waals surface area contributed by atoms with E-state index in [4.69, 9.17) is 4.74 Å². The fourth-order valence-corrected chi connectivity index (χ4v) is 3.06. The molecule has 0 spiro atoms. The molecule has 1 aliphatic rings. The van der Waals surface area contributed by atoms with Crippen LogP contribution in [0.4, 0.5) is 18.9 Å². The molecule has 3 rings (SSSR count). The van der Waals surface area contributed by atoms with Crippen LogP contribution in [-0.4, -0.2) is 32.7 Å². The first-order valence-electron chi connectivity index (χ1n) is 8.29. The van der Waals surface area contributed by atoms with Crippen LogP contribution in [0.3, 0.4) is 0 Å². The van der Waals surface area contributed by atoms with E-state index >= 15 is 0 Å². The lowest BCUT2D eigenvalue weighted by molar-refractivity contribution is 0.0947. The van der Waals surface area contributed by atoms with Crippen molar-refractivity contribution in [1.29, 1.82) is 0 Å². The van der Waals surface area contributed by atoms with Crippen molar-refractivity contribution in [1.82, 2.24) is 5.32 Å². The second-order valence-corrected chi connectivity index (χ2v) is 6.26. The number of anilines is 1. The van der Waals surface area contributed by atoms with Crippen LogP contribution >= 0.6 is 0 Å². The van der Waals surface area contributed by atoms with Crippen molar-refractivity contribution < 1.29 is 22.7 Å². The van der Waals surface area contributed by atoms with Gasteiger partial charge in [0.25, 0.3) is 5.91 Å². The second kappa shape index (κ2) is 7.68. The lowest BCUT2D eigenvalue weighted by atomic mass is 10.1. The molecule has 0 saturated carbocycles. The van der Waals surface area contributed by atoms with Gasteiger partial charge < -0.3 is 15.0 Å². The number of amides is 1. The fraction of sp³-hybridized carbons (Fsp3) is 0.316. The predicted octanol–water partition coefficient (Wildman–Crippen LogP) is 3.37. The molecule has 1 aliphatic heterocycles. The van der Waals surface area contributed by atoms with Gasteiger partial charge in [-0.3, -0.25) is 4.79 Å². The van der Waals surface area contributed by atoms with Gasteiger partial charge in [-0.1, -0.05) is 0 Å². The molecule has 1 fully saturated rings. The van der Waals surface area contributed by atoms with Crippen molar-refractivity contribution in [2.75, 3.05) is 31.6 Å². The van der Waals surface area contributed by atoms with Crippen LogP contribution in [0.1, 0.15) is 16.8 Å². The highest BCUT2D eigenvalue weighted by atomic mass is 19.2. The minimum atomic E-state index is -0.874. The van der Waals surface area contributed by atoms with Gasteiger partial charge in [-0.25, -0.2) is 13.2 Å². The lowest BCUT2D eigenvalue weighted by Gasteiger charge is -2.19. The molecule has 0 radical (unpaired) electrons. The third-order valence-corrected chi connectivity index (χ3v) is 4.52. The van der Waals surface area contributed by atoms with E-state index in [2.05, 4.69) is 5.32 Å². The Bertz CT molecular complexity index is 813. The number of methoxy groups -OCH3 is 1. The molecule has 4 nitrogen and oxygen atoms in total. The van der Waals surface area contributed by atoms with E-state index in [0.717, 1.165) is 18.6 Å². The maximum Gasteiger partial charge on any atom is 0.251 e. The highest BCUT2D eigenvalue weighted by Gasteiger charge is 2.24.